The van der Waals surface area contributed by atoms with Gasteiger partial charge in [0, 0.05) is 19.8 Å². The quantitative estimate of drug-likeness (QED) is 0.872. The zero-order valence-electron chi connectivity index (χ0n) is 8.75. The Morgan fingerprint density at radius 3 is 2.94 bits per heavy atom. The summed E-state index contributed by atoms with van der Waals surface area (Å²) < 4.78 is 6.04. The molecule has 0 amide bonds. The standard InChI is InChI=1S/C10H13BrClN3O/c11-8-9(12)14-6-15-10(8)13-5-7-1-3-16-4-2-7/h6-7H,1-5H2,(H,13,14,15). The number of hydrogen-bond donors (Lipinski definition) is 1. The summed E-state index contributed by atoms with van der Waals surface area (Å²) in [7, 11) is 0. The summed E-state index contributed by atoms with van der Waals surface area (Å²) in [6.07, 6.45) is 3.66. The predicted octanol–water partition coefficient (Wildman–Crippen LogP) is 2.73. The van der Waals surface area contributed by atoms with E-state index in [0.29, 0.717) is 11.1 Å². The Morgan fingerprint density at radius 1 is 1.44 bits per heavy atom. The van der Waals surface area contributed by atoms with Gasteiger partial charge in [-0.3, -0.25) is 0 Å². The summed E-state index contributed by atoms with van der Waals surface area (Å²) in [5.74, 6) is 1.40. The minimum Gasteiger partial charge on any atom is -0.381 e. The molecule has 1 aliphatic rings. The van der Waals surface area contributed by atoms with Crippen molar-refractivity contribution >= 4 is 33.3 Å². The molecule has 88 valence electrons. The van der Waals surface area contributed by atoms with Crippen LogP contribution in [0.3, 0.4) is 0 Å². The fourth-order valence-electron chi connectivity index (χ4n) is 1.66. The van der Waals surface area contributed by atoms with E-state index in [2.05, 4.69) is 31.2 Å². The van der Waals surface area contributed by atoms with Crippen molar-refractivity contribution in [3.63, 3.8) is 0 Å². The van der Waals surface area contributed by atoms with Crippen molar-refractivity contribution in [3.8, 4) is 0 Å². The molecule has 0 atom stereocenters. The van der Waals surface area contributed by atoms with Gasteiger partial charge in [-0.1, -0.05) is 11.6 Å². The normalized spacial score (nSPS) is 17.4. The molecule has 0 radical (unpaired) electrons. The molecule has 1 aromatic heterocycles. The minimum atomic E-state index is 0.435. The van der Waals surface area contributed by atoms with Crippen molar-refractivity contribution in [1.29, 1.82) is 0 Å². The zero-order chi connectivity index (χ0) is 11.4. The van der Waals surface area contributed by atoms with Crippen LogP contribution >= 0.6 is 27.5 Å². The Hall–Kier alpha value is -0.390. The molecule has 0 saturated carbocycles. The van der Waals surface area contributed by atoms with E-state index in [1.165, 1.54) is 6.33 Å². The Kier molecular flexibility index (Phi) is 4.37. The van der Waals surface area contributed by atoms with Gasteiger partial charge < -0.3 is 10.1 Å². The van der Waals surface area contributed by atoms with Crippen LogP contribution in [-0.2, 0) is 4.74 Å². The maximum absolute atomic E-state index is 5.88. The van der Waals surface area contributed by atoms with Crippen molar-refractivity contribution in [2.24, 2.45) is 5.92 Å². The van der Waals surface area contributed by atoms with Crippen LogP contribution in [-0.4, -0.2) is 29.7 Å². The van der Waals surface area contributed by atoms with Gasteiger partial charge in [-0.25, -0.2) is 9.97 Å². The Morgan fingerprint density at radius 2 is 2.19 bits per heavy atom. The summed E-state index contributed by atoms with van der Waals surface area (Å²) in [5, 5.41) is 3.72. The second kappa shape index (κ2) is 5.80. The first-order chi connectivity index (χ1) is 7.77. The largest absolute Gasteiger partial charge is 0.381 e. The first kappa shape index (κ1) is 12.1. The molecular weight excluding hydrogens is 293 g/mol. The number of anilines is 1. The molecule has 0 aromatic carbocycles. The van der Waals surface area contributed by atoms with E-state index in [9.17, 15) is 0 Å². The maximum atomic E-state index is 5.88. The Balaban J connectivity index is 1.91. The van der Waals surface area contributed by atoms with Crippen molar-refractivity contribution in [2.45, 2.75) is 12.8 Å². The van der Waals surface area contributed by atoms with Gasteiger partial charge in [-0.2, -0.15) is 0 Å². The van der Waals surface area contributed by atoms with E-state index < -0.39 is 0 Å². The lowest BCUT2D eigenvalue weighted by molar-refractivity contribution is 0.0699. The highest BCUT2D eigenvalue weighted by Gasteiger charge is 2.14. The zero-order valence-corrected chi connectivity index (χ0v) is 11.1. The second-order valence-corrected chi connectivity index (χ2v) is 4.91. The van der Waals surface area contributed by atoms with Gasteiger partial charge in [-0.15, -0.1) is 0 Å². The molecule has 2 rings (SSSR count). The lowest BCUT2D eigenvalue weighted by Gasteiger charge is -2.22. The number of halogens is 2. The predicted molar refractivity (Wildman–Crippen MR) is 66.8 cm³/mol. The monoisotopic (exact) mass is 305 g/mol. The van der Waals surface area contributed by atoms with Gasteiger partial charge in [0.15, 0.2) is 0 Å². The van der Waals surface area contributed by atoms with Gasteiger partial charge in [0.25, 0.3) is 0 Å². The van der Waals surface area contributed by atoms with E-state index in [0.717, 1.165) is 42.9 Å². The summed E-state index contributed by atoms with van der Waals surface area (Å²) in [6, 6.07) is 0. The van der Waals surface area contributed by atoms with Gasteiger partial charge in [0.1, 0.15) is 17.3 Å². The molecule has 0 spiro atoms. The van der Waals surface area contributed by atoms with Gasteiger partial charge in [-0.05, 0) is 34.7 Å². The highest BCUT2D eigenvalue weighted by Crippen LogP contribution is 2.26. The van der Waals surface area contributed by atoms with Crippen molar-refractivity contribution in [1.82, 2.24) is 9.97 Å². The van der Waals surface area contributed by atoms with Crippen LogP contribution in [0.5, 0.6) is 0 Å². The molecule has 1 aliphatic heterocycles. The van der Waals surface area contributed by atoms with E-state index in [4.69, 9.17) is 16.3 Å². The van der Waals surface area contributed by atoms with Crippen LogP contribution in [0.4, 0.5) is 5.82 Å². The number of nitrogens with zero attached hydrogens (tertiary/aromatic N) is 2. The van der Waals surface area contributed by atoms with Crippen LogP contribution in [0, 0.1) is 5.92 Å². The fourth-order valence-corrected chi connectivity index (χ4v) is 2.14. The summed E-state index contributed by atoms with van der Waals surface area (Å²) in [6.45, 7) is 2.62. The van der Waals surface area contributed by atoms with Gasteiger partial charge >= 0.3 is 0 Å². The SMILES string of the molecule is Clc1ncnc(NCC2CCOCC2)c1Br. The molecule has 0 aliphatic carbocycles. The van der Waals surface area contributed by atoms with Crippen LogP contribution < -0.4 is 5.32 Å². The molecule has 4 nitrogen and oxygen atoms in total. The van der Waals surface area contributed by atoms with Crippen molar-refractivity contribution in [2.75, 3.05) is 25.1 Å². The molecule has 2 heterocycles. The third-order valence-electron chi connectivity index (χ3n) is 2.65. The van der Waals surface area contributed by atoms with Crippen LogP contribution in [0.1, 0.15) is 12.8 Å². The van der Waals surface area contributed by atoms with Crippen LogP contribution in [0.2, 0.25) is 5.15 Å². The lowest BCUT2D eigenvalue weighted by Crippen LogP contribution is -2.23. The minimum absolute atomic E-state index is 0.435. The molecule has 0 bridgehead atoms. The summed E-state index contributed by atoms with van der Waals surface area (Å²) in [5.41, 5.74) is 0. The highest BCUT2D eigenvalue weighted by atomic mass is 79.9. The fraction of sp³-hybridized carbons (Fsp3) is 0.600. The molecule has 1 N–H and O–H groups in total. The topological polar surface area (TPSA) is 47.0 Å². The molecule has 1 saturated heterocycles. The average molecular weight is 307 g/mol. The van der Waals surface area contributed by atoms with Crippen LogP contribution in [0.25, 0.3) is 0 Å². The van der Waals surface area contributed by atoms with E-state index in [1.54, 1.807) is 0 Å². The molecule has 16 heavy (non-hydrogen) atoms. The smallest absolute Gasteiger partial charge is 0.148 e. The molecule has 6 heteroatoms. The first-order valence-electron chi connectivity index (χ1n) is 5.25. The molecule has 1 aromatic rings. The molecular formula is C10H13BrClN3O. The number of aromatic nitrogens is 2. The second-order valence-electron chi connectivity index (χ2n) is 3.76. The van der Waals surface area contributed by atoms with E-state index in [-0.39, 0.29) is 0 Å². The number of nitrogens with one attached hydrogen (secondary N) is 1. The van der Waals surface area contributed by atoms with Crippen LogP contribution in [0.15, 0.2) is 10.8 Å². The number of hydrogen-bond acceptors (Lipinski definition) is 4. The highest BCUT2D eigenvalue weighted by molar-refractivity contribution is 9.10. The van der Waals surface area contributed by atoms with Gasteiger partial charge in [0.05, 0.1) is 4.47 Å². The maximum Gasteiger partial charge on any atom is 0.148 e. The number of rotatable bonds is 3. The average Bonchev–Trinajstić information content (AvgIpc) is 2.32. The third-order valence-corrected chi connectivity index (χ3v) is 3.91. The molecule has 0 unspecified atom stereocenters. The Bertz CT molecular complexity index is 358. The number of ether oxygens (including phenoxy) is 1. The summed E-state index contributed by atoms with van der Waals surface area (Å²) in [4.78, 5) is 8.02. The Labute approximate surface area is 108 Å². The molecule has 1 fully saturated rings. The first-order valence-corrected chi connectivity index (χ1v) is 6.42. The van der Waals surface area contributed by atoms with Crippen molar-refractivity contribution in [3.05, 3.63) is 16.0 Å². The lowest BCUT2D eigenvalue weighted by atomic mass is 10.0. The van der Waals surface area contributed by atoms with E-state index in [1.807, 2.05) is 0 Å². The summed E-state index contributed by atoms with van der Waals surface area (Å²) >= 11 is 9.24. The van der Waals surface area contributed by atoms with E-state index >= 15 is 0 Å². The third kappa shape index (κ3) is 3.06. The van der Waals surface area contributed by atoms with Crippen molar-refractivity contribution < 1.29 is 4.74 Å². The van der Waals surface area contributed by atoms with Gasteiger partial charge in [0.2, 0.25) is 0 Å².